The van der Waals surface area contributed by atoms with Gasteiger partial charge >= 0.3 is 0 Å². The second-order valence-electron chi connectivity index (χ2n) is 7.17. The summed E-state index contributed by atoms with van der Waals surface area (Å²) in [4.78, 5) is 38.8. The first kappa shape index (κ1) is 20.5. The number of hydrogen-bond donors (Lipinski definition) is 1. The van der Waals surface area contributed by atoms with Crippen LogP contribution in [0.3, 0.4) is 0 Å². The maximum Gasteiger partial charge on any atom is 0.255 e. The predicted octanol–water partition coefficient (Wildman–Crippen LogP) is 2.37. The van der Waals surface area contributed by atoms with Gasteiger partial charge in [0.05, 0.1) is 37.2 Å². The normalized spacial score (nSPS) is 15.5. The summed E-state index contributed by atoms with van der Waals surface area (Å²) in [5.74, 6) is 1.18. The Morgan fingerprint density at radius 2 is 2.00 bits per heavy atom. The lowest BCUT2D eigenvalue weighted by atomic mass is 10.1. The Balaban J connectivity index is 1.72. The first-order valence-corrected chi connectivity index (χ1v) is 10.0. The SMILES string of the molecule is COc1ccc(OC)c(C(=O)NC2CCCCn3c2nc(-c2ccncn2)cc3=O)c1. The Hall–Kier alpha value is -3.75. The molecule has 3 aromatic rings. The number of carbonyl (C=O) groups is 1. The Bertz CT molecular complexity index is 1150. The zero-order chi connectivity index (χ0) is 21.8. The molecule has 1 atom stereocenters. The molecule has 1 aliphatic heterocycles. The van der Waals surface area contributed by atoms with Gasteiger partial charge in [-0.1, -0.05) is 0 Å². The minimum absolute atomic E-state index is 0.168. The first-order valence-electron chi connectivity index (χ1n) is 10.0. The largest absolute Gasteiger partial charge is 0.497 e. The summed E-state index contributed by atoms with van der Waals surface area (Å²) in [6, 6.07) is 7.78. The molecule has 0 aliphatic carbocycles. The Labute approximate surface area is 179 Å². The van der Waals surface area contributed by atoms with Gasteiger partial charge < -0.3 is 14.8 Å². The third-order valence-corrected chi connectivity index (χ3v) is 5.27. The van der Waals surface area contributed by atoms with E-state index in [1.807, 2.05) is 0 Å². The van der Waals surface area contributed by atoms with Gasteiger partial charge in [0.2, 0.25) is 0 Å². The van der Waals surface area contributed by atoms with E-state index in [4.69, 9.17) is 14.5 Å². The van der Waals surface area contributed by atoms with Gasteiger partial charge in [-0.15, -0.1) is 0 Å². The molecular formula is C22H23N5O4. The molecule has 31 heavy (non-hydrogen) atoms. The summed E-state index contributed by atoms with van der Waals surface area (Å²) < 4.78 is 12.2. The first-order chi connectivity index (χ1) is 15.1. The number of nitrogens with zero attached hydrogens (tertiary/aromatic N) is 4. The number of methoxy groups -OCH3 is 2. The molecule has 0 saturated heterocycles. The molecule has 160 valence electrons. The van der Waals surface area contributed by atoms with Crippen LogP contribution in [0.15, 0.2) is 47.7 Å². The van der Waals surface area contributed by atoms with E-state index in [1.165, 1.54) is 26.6 Å². The average Bonchev–Trinajstić information content (AvgIpc) is 3.01. The van der Waals surface area contributed by atoms with Crippen molar-refractivity contribution in [2.75, 3.05) is 14.2 Å². The molecule has 4 rings (SSSR count). The van der Waals surface area contributed by atoms with Gasteiger partial charge in [0.25, 0.3) is 11.5 Å². The van der Waals surface area contributed by atoms with Crippen LogP contribution in [-0.4, -0.2) is 39.6 Å². The van der Waals surface area contributed by atoms with E-state index in [-0.39, 0.29) is 11.5 Å². The zero-order valence-electron chi connectivity index (χ0n) is 17.4. The molecule has 0 fully saturated rings. The number of ether oxygens (including phenoxy) is 2. The van der Waals surface area contributed by atoms with Crippen LogP contribution in [0.1, 0.15) is 41.5 Å². The Kier molecular flexibility index (Phi) is 5.92. The number of nitrogens with one attached hydrogen (secondary N) is 1. The zero-order valence-corrected chi connectivity index (χ0v) is 17.4. The summed E-state index contributed by atoms with van der Waals surface area (Å²) in [5.41, 5.74) is 1.20. The van der Waals surface area contributed by atoms with Crippen molar-refractivity contribution in [2.24, 2.45) is 0 Å². The quantitative estimate of drug-likeness (QED) is 0.674. The van der Waals surface area contributed by atoms with E-state index in [1.54, 1.807) is 35.0 Å². The highest BCUT2D eigenvalue weighted by molar-refractivity contribution is 5.97. The Morgan fingerprint density at radius 1 is 1.13 bits per heavy atom. The molecule has 1 amide bonds. The molecule has 1 N–H and O–H groups in total. The molecule has 0 bridgehead atoms. The van der Waals surface area contributed by atoms with Crippen molar-refractivity contribution in [1.82, 2.24) is 24.8 Å². The third kappa shape index (κ3) is 4.25. The minimum atomic E-state index is -0.430. The summed E-state index contributed by atoms with van der Waals surface area (Å²) >= 11 is 0. The van der Waals surface area contributed by atoms with Gasteiger partial charge in [-0.2, -0.15) is 0 Å². The molecule has 9 nitrogen and oxygen atoms in total. The van der Waals surface area contributed by atoms with Crippen molar-refractivity contribution in [3.63, 3.8) is 0 Å². The molecule has 9 heteroatoms. The van der Waals surface area contributed by atoms with Crippen molar-refractivity contribution in [2.45, 2.75) is 31.8 Å². The number of fused-ring (bicyclic) bond motifs is 1. The van der Waals surface area contributed by atoms with Crippen LogP contribution in [0.2, 0.25) is 0 Å². The highest BCUT2D eigenvalue weighted by atomic mass is 16.5. The number of benzene rings is 1. The molecule has 1 unspecified atom stereocenters. The van der Waals surface area contributed by atoms with Crippen molar-refractivity contribution in [1.29, 1.82) is 0 Å². The summed E-state index contributed by atoms with van der Waals surface area (Å²) in [6.07, 6.45) is 5.36. The predicted molar refractivity (Wildman–Crippen MR) is 113 cm³/mol. The van der Waals surface area contributed by atoms with Crippen LogP contribution in [0.5, 0.6) is 11.5 Å². The van der Waals surface area contributed by atoms with Crippen molar-refractivity contribution >= 4 is 5.91 Å². The molecule has 1 aliphatic rings. The molecule has 0 spiro atoms. The number of hydrogen-bond acceptors (Lipinski definition) is 7. The van der Waals surface area contributed by atoms with Crippen molar-refractivity contribution in [3.05, 3.63) is 64.6 Å². The highest BCUT2D eigenvalue weighted by Crippen LogP contribution is 2.27. The molecule has 0 saturated carbocycles. The number of carbonyl (C=O) groups excluding carboxylic acids is 1. The van der Waals surface area contributed by atoms with E-state index >= 15 is 0 Å². The fraction of sp³-hybridized carbons (Fsp3) is 0.318. The van der Waals surface area contributed by atoms with Crippen molar-refractivity contribution < 1.29 is 14.3 Å². The molecule has 3 heterocycles. The highest BCUT2D eigenvalue weighted by Gasteiger charge is 2.26. The summed E-state index contributed by atoms with van der Waals surface area (Å²) in [5, 5.41) is 3.03. The summed E-state index contributed by atoms with van der Waals surface area (Å²) in [6.45, 7) is 0.556. The fourth-order valence-electron chi connectivity index (χ4n) is 3.70. The van der Waals surface area contributed by atoms with Gasteiger partial charge in [0.1, 0.15) is 23.7 Å². The summed E-state index contributed by atoms with van der Waals surface area (Å²) in [7, 11) is 3.05. The molecule has 1 aromatic carbocycles. The third-order valence-electron chi connectivity index (χ3n) is 5.27. The maximum atomic E-state index is 13.1. The van der Waals surface area contributed by atoms with Crippen LogP contribution in [0.25, 0.3) is 11.4 Å². The van der Waals surface area contributed by atoms with Crippen LogP contribution >= 0.6 is 0 Å². The maximum absolute atomic E-state index is 13.1. The van der Waals surface area contributed by atoms with Crippen LogP contribution in [0, 0.1) is 0 Å². The van der Waals surface area contributed by atoms with Crippen LogP contribution in [-0.2, 0) is 6.54 Å². The lowest BCUT2D eigenvalue weighted by Gasteiger charge is -2.20. The van der Waals surface area contributed by atoms with Crippen molar-refractivity contribution in [3.8, 4) is 22.9 Å². The van der Waals surface area contributed by atoms with Gasteiger partial charge in [-0.3, -0.25) is 14.2 Å². The monoisotopic (exact) mass is 421 g/mol. The minimum Gasteiger partial charge on any atom is -0.497 e. The van der Waals surface area contributed by atoms with Gasteiger partial charge in [0.15, 0.2) is 0 Å². The molecular weight excluding hydrogens is 398 g/mol. The smallest absolute Gasteiger partial charge is 0.255 e. The fourth-order valence-corrected chi connectivity index (χ4v) is 3.70. The number of amides is 1. The number of aromatic nitrogens is 4. The van der Waals surface area contributed by atoms with E-state index in [9.17, 15) is 9.59 Å². The van der Waals surface area contributed by atoms with E-state index < -0.39 is 6.04 Å². The van der Waals surface area contributed by atoms with Gasteiger partial charge in [-0.25, -0.2) is 15.0 Å². The Morgan fingerprint density at radius 3 is 2.74 bits per heavy atom. The lowest BCUT2D eigenvalue weighted by Crippen LogP contribution is -2.34. The van der Waals surface area contributed by atoms with E-state index in [0.29, 0.717) is 47.2 Å². The van der Waals surface area contributed by atoms with Gasteiger partial charge in [0, 0.05) is 18.8 Å². The topological polar surface area (TPSA) is 108 Å². The van der Waals surface area contributed by atoms with E-state index in [0.717, 1.165) is 12.8 Å². The standard InChI is InChI=1S/C22H23N5O4/c1-30-14-6-7-19(31-2)15(11-14)22(29)26-17-5-3-4-10-27-20(28)12-18(25-21(17)27)16-8-9-23-13-24-16/h6-9,11-13,17H,3-5,10H2,1-2H3,(H,26,29). The average molecular weight is 421 g/mol. The van der Waals surface area contributed by atoms with Gasteiger partial charge in [-0.05, 0) is 43.5 Å². The second-order valence-corrected chi connectivity index (χ2v) is 7.17. The van der Waals surface area contributed by atoms with Crippen LogP contribution < -0.4 is 20.3 Å². The second kappa shape index (κ2) is 8.95. The van der Waals surface area contributed by atoms with E-state index in [2.05, 4.69) is 15.3 Å². The number of rotatable bonds is 5. The van der Waals surface area contributed by atoms with Crippen LogP contribution in [0.4, 0.5) is 0 Å². The molecule has 0 radical (unpaired) electrons. The lowest BCUT2D eigenvalue weighted by molar-refractivity contribution is 0.0929. The molecule has 2 aromatic heterocycles.